The summed E-state index contributed by atoms with van der Waals surface area (Å²) in [4.78, 5) is -5.72. The third-order valence-corrected chi connectivity index (χ3v) is 8.56. The average molecular weight is 527 g/mol. The Morgan fingerprint density at radius 2 is 0.909 bits per heavy atom. The van der Waals surface area contributed by atoms with E-state index in [1.807, 2.05) is 0 Å². The molecule has 2 aromatic rings. The Morgan fingerprint density at radius 1 is 0.636 bits per heavy atom. The fraction of sp³-hybridized carbons (Fsp3) is 0.333. The molecule has 33 heavy (non-hydrogen) atoms. The van der Waals surface area contributed by atoms with Crippen molar-refractivity contribution in [3.8, 4) is 11.5 Å². The summed E-state index contributed by atoms with van der Waals surface area (Å²) < 4.78 is 101. The lowest BCUT2D eigenvalue weighted by atomic mass is 10.1. The number of hydrogen-bond donors (Lipinski definition) is 4. The fourth-order valence-electron chi connectivity index (χ4n) is 2.75. The van der Waals surface area contributed by atoms with Crippen molar-refractivity contribution in [2.24, 2.45) is 0 Å². The van der Waals surface area contributed by atoms with Crippen molar-refractivity contribution in [3.63, 3.8) is 0 Å². The molecule has 2 aromatic carbocycles. The van der Waals surface area contributed by atoms with Crippen molar-refractivity contribution in [3.05, 3.63) is 59.7 Å². The normalized spacial score (nSPS) is 16.6. The van der Waals surface area contributed by atoms with E-state index in [0.717, 1.165) is 0 Å². The van der Waals surface area contributed by atoms with Gasteiger partial charge in [-0.3, -0.25) is 9.11 Å². The lowest BCUT2D eigenvalue weighted by molar-refractivity contribution is 0.0873. The van der Waals surface area contributed by atoms with Gasteiger partial charge in [-0.1, -0.05) is 24.3 Å². The van der Waals surface area contributed by atoms with E-state index in [1.54, 1.807) is 0 Å². The van der Waals surface area contributed by atoms with E-state index < -0.39 is 53.3 Å². The average Bonchev–Trinajstić information content (AvgIpc) is 2.63. The van der Waals surface area contributed by atoms with Crippen molar-refractivity contribution < 1.29 is 52.9 Å². The van der Waals surface area contributed by atoms with Gasteiger partial charge in [0.25, 0.3) is 20.2 Å². The highest BCUT2D eigenvalue weighted by atomic mass is 32.3. The number of hydrogen-bond acceptors (Lipinski definition) is 10. The van der Waals surface area contributed by atoms with Crippen LogP contribution in [-0.4, -0.2) is 54.4 Å². The van der Waals surface area contributed by atoms with Crippen LogP contribution in [0, 0.1) is 0 Å². The monoisotopic (exact) mass is 526 g/mol. The predicted octanol–water partition coefficient (Wildman–Crippen LogP) is 1.37. The van der Waals surface area contributed by atoms with Gasteiger partial charge in [-0.05, 0) is 49.2 Å². The second-order valence-corrected chi connectivity index (χ2v) is 12.3. The van der Waals surface area contributed by atoms with Crippen molar-refractivity contribution in [2.45, 2.75) is 36.6 Å². The zero-order chi connectivity index (χ0) is 25.3. The highest BCUT2D eigenvalue weighted by Crippen LogP contribution is 2.32. The van der Waals surface area contributed by atoms with Gasteiger partial charge < -0.3 is 10.2 Å². The van der Waals surface area contributed by atoms with Gasteiger partial charge in [-0.25, -0.2) is 8.37 Å². The van der Waals surface area contributed by atoms with Gasteiger partial charge in [0.05, 0.1) is 0 Å². The largest absolute Gasteiger partial charge is 0.508 e. The van der Waals surface area contributed by atoms with Gasteiger partial charge in [-0.15, -0.1) is 0 Å². The summed E-state index contributed by atoms with van der Waals surface area (Å²) in [5, 5.41) is 18.7. The molecule has 2 unspecified atom stereocenters. The van der Waals surface area contributed by atoms with Gasteiger partial charge in [0.15, 0.2) is 0 Å². The molecule has 4 N–H and O–H groups in total. The van der Waals surface area contributed by atoms with E-state index in [9.17, 15) is 44.6 Å². The zero-order valence-electron chi connectivity index (χ0n) is 17.3. The van der Waals surface area contributed by atoms with Crippen LogP contribution in [0.1, 0.15) is 25.0 Å². The molecule has 0 fully saturated rings. The van der Waals surface area contributed by atoms with E-state index in [4.69, 9.17) is 0 Å². The summed E-state index contributed by atoms with van der Waals surface area (Å²) in [6, 6.07) is 9.67. The van der Waals surface area contributed by atoms with E-state index in [-0.39, 0.29) is 22.6 Å². The SMILES string of the molecule is CC(Cc1ccc(O)cc1)(OS(=O)(=O)OC(C)(Cc1ccc(O)cc1)S(=O)(=O)O)S(=O)(=O)O. The lowest BCUT2D eigenvalue weighted by Crippen LogP contribution is -2.47. The predicted molar refractivity (Wildman–Crippen MR) is 115 cm³/mol. The zero-order valence-corrected chi connectivity index (χ0v) is 19.8. The highest BCUT2D eigenvalue weighted by Gasteiger charge is 2.49. The highest BCUT2D eigenvalue weighted by molar-refractivity contribution is 7.89. The number of aromatic hydroxyl groups is 2. The molecule has 0 radical (unpaired) electrons. The summed E-state index contributed by atoms with van der Waals surface area (Å²) in [7, 11) is -16.0. The quantitative estimate of drug-likeness (QED) is 0.324. The molecule has 12 nitrogen and oxygen atoms in total. The molecule has 0 saturated heterocycles. The maximum atomic E-state index is 12.6. The molecule has 184 valence electrons. The van der Waals surface area contributed by atoms with Crippen LogP contribution in [0.25, 0.3) is 0 Å². The molecule has 0 aliphatic heterocycles. The third kappa shape index (κ3) is 6.86. The molecule has 0 amide bonds. The number of rotatable bonds is 10. The number of benzene rings is 2. The van der Waals surface area contributed by atoms with Crippen LogP contribution >= 0.6 is 0 Å². The van der Waals surface area contributed by atoms with E-state index >= 15 is 0 Å². The Morgan fingerprint density at radius 3 is 1.15 bits per heavy atom. The molecular weight excluding hydrogens is 504 g/mol. The first-order valence-electron chi connectivity index (χ1n) is 9.02. The standard InChI is InChI=1S/C18H22O12S3/c1-17(31(21,22)23,11-13-3-7-15(19)8-4-13)29-33(27,28)30-18(2,32(24,25)26)12-14-5-9-16(20)10-6-14/h3-10,19-20H,11-12H2,1-2H3,(H,21,22,23)(H,24,25,26). The minimum Gasteiger partial charge on any atom is -0.508 e. The van der Waals surface area contributed by atoms with Crippen LogP contribution in [0.5, 0.6) is 11.5 Å². The van der Waals surface area contributed by atoms with Crippen molar-refractivity contribution in [1.29, 1.82) is 0 Å². The number of phenolic OH excluding ortho intramolecular Hbond substituents is 2. The third-order valence-electron chi connectivity index (χ3n) is 4.57. The summed E-state index contributed by atoms with van der Waals surface area (Å²) >= 11 is 0. The van der Waals surface area contributed by atoms with E-state index in [0.29, 0.717) is 13.8 Å². The van der Waals surface area contributed by atoms with Gasteiger partial charge >= 0.3 is 10.4 Å². The maximum Gasteiger partial charge on any atom is 0.403 e. The molecule has 0 aliphatic carbocycles. The molecule has 0 spiro atoms. The molecule has 0 aliphatic rings. The van der Waals surface area contributed by atoms with E-state index in [1.165, 1.54) is 48.5 Å². The molecule has 15 heteroatoms. The summed E-state index contributed by atoms with van der Waals surface area (Å²) in [6.07, 6.45) is -1.48. The summed E-state index contributed by atoms with van der Waals surface area (Å²) in [5.41, 5.74) is 0.259. The van der Waals surface area contributed by atoms with Gasteiger partial charge in [0.2, 0.25) is 9.87 Å². The van der Waals surface area contributed by atoms with Crippen molar-refractivity contribution in [2.75, 3.05) is 0 Å². The molecule has 0 bridgehead atoms. The summed E-state index contributed by atoms with van der Waals surface area (Å²) in [5.74, 6) is -0.329. The van der Waals surface area contributed by atoms with Crippen LogP contribution < -0.4 is 0 Å². The topological polar surface area (TPSA) is 202 Å². The summed E-state index contributed by atoms with van der Waals surface area (Å²) in [6.45, 7) is 1.42. The van der Waals surface area contributed by atoms with Crippen LogP contribution in [0.3, 0.4) is 0 Å². The molecule has 2 atom stereocenters. The molecule has 0 aromatic heterocycles. The minimum absolute atomic E-state index is 0.129. The molecular formula is C18H22O12S3. The second kappa shape index (κ2) is 9.17. The van der Waals surface area contributed by atoms with Crippen molar-refractivity contribution >= 4 is 30.6 Å². The molecule has 2 rings (SSSR count). The molecule has 0 saturated carbocycles. The Kier molecular flexibility index (Phi) is 7.50. The van der Waals surface area contributed by atoms with Gasteiger partial charge in [-0.2, -0.15) is 25.3 Å². The first kappa shape index (κ1) is 27.0. The van der Waals surface area contributed by atoms with Gasteiger partial charge in [0, 0.05) is 12.8 Å². The first-order valence-corrected chi connectivity index (χ1v) is 13.2. The Bertz CT molecular complexity index is 1200. The maximum absolute atomic E-state index is 12.6. The second-order valence-electron chi connectivity index (χ2n) is 7.48. The van der Waals surface area contributed by atoms with E-state index in [2.05, 4.69) is 8.37 Å². The van der Waals surface area contributed by atoms with Crippen LogP contribution in [0.15, 0.2) is 48.5 Å². The smallest absolute Gasteiger partial charge is 0.403 e. The molecule has 0 heterocycles. The Labute approximate surface area is 191 Å². The van der Waals surface area contributed by atoms with Gasteiger partial charge in [0.1, 0.15) is 11.5 Å². The van der Waals surface area contributed by atoms with Crippen LogP contribution in [-0.2, 0) is 51.8 Å². The van der Waals surface area contributed by atoms with Crippen LogP contribution in [0.2, 0.25) is 0 Å². The Hall–Kier alpha value is -2.27. The van der Waals surface area contributed by atoms with Crippen molar-refractivity contribution in [1.82, 2.24) is 0 Å². The first-order chi connectivity index (χ1) is 14.9. The fourth-order valence-corrected chi connectivity index (χ4v) is 5.65. The lowest BCUT2D eigenvalue weighted by Gasteiger charge is -2.29. The number of phenols is 2. The Balaban J connectivity index is 2.40. The minimum atomic E-state index is -5.50. The van der Waals surface area contributed by atoms with Crippen LogP contribution in [0.4, 0.5) is 0 Å².